The fraction of sp³-hybridized carbons (Fsp3) is 0.692. The van der Waals surface area contributed by atoms with Crippen LogP contribution in [0, 0.1) is 0 Å². The van der Waals surface area contributed by atoms with Gasteiger partial charge in [0.25, 0.3) is 5.56 Å². The Morgan fingerprint density at radius 2 is 2.20 bits per heavy atom. The quantitative estimate of drug-likeness (QED) is 0.803. The van der Waals surface area contributed by atoms with Gasteiger partial charge in [-0.05, 0) is 20.3 Å². The molecule has 1 aliphatic rings. The molecule has 0 aromatic carbocycles. The summed E-state index contributed by atoms with van der Waals surface area (Å²) in [5, 5.41) is 9.32. The second-order valence-corrected chi connectivity index (χ2v) is 5.60. The van der Waals surface area contributed by atoms with Crippen LogP contribution >= 0.6 is 11.6 Å². The molecule has 2 N–H and O–H groups in total. The van der Waals surface area contributed by atoms with Crippen molar-refractivity contribution in [3.63, 3.8) is 0 Å². The number of nitrogens with one attached hydrogen (secondary N) is 2. The van der Waals surface area contributed by atoms with Crippen LogP contribution in [0.15, 0.2) is 11.0 Å². The number of rotatable bonds is 5. The molecule has 1 aliphatic heterocycles. The molecule has 2 rings (SSSR count). The maximum atomic E-state index is 11.3. The maximum absolute atomic E-state index is 11.3. The van der Waals surface area contributed by atoms with Crippen LogP contribution in [0.25, 0.3) is 0 Å². The van der Waals surface area contributed by atoms with Gasteiger partial charge in [0.05, 0.1) is 24.1 Å². The van der Waals surface area contributed by atoms with E-state index in [-0.39, 0.29) is 22.8 Å². The highest BCUT2D eigenvalue weighted by molar-refractivity contribution is 6.32. The molecule has 7 heteroatoms. The van der Waals surface area contributed by atoms with Gasteiger partial charge in [-0.3, -0.25) is 9.69 Å². The summed E-state index contributed by atoms with van der Waals surface area (Å²) in [7, 11) is 0. The van der Waals surface area contributed by atoms with E-state index in [4.69, 9.17) is 16.3 Å². The van der Waals surface area contributed by atoms with Gasteiger partial charge in [-0.1, -0.05) is 11.6 Å². The average molecular weight is 301 g/mol. The predicted molar refractivity (Wildman–Crippen MR) is 79.4 cm³/mol. The molecule has 0 saturated carbocycles. The van der Waals surface area contributed by atoms with Gasteiger partial charge in [-0.25, -0.2) is 5.10 Å². The molecule has 1 aromatic rings. The number of aromatic amines is 1. The highest BCUT2D eigenvalue weighted by Gasteiger charge is 2.21. The number of aromatic nitrogens is 2. The molecule has 112 valence electrons. The lowest BCUT2D eigenvalue weighted by molar-refractivity contribution is -0.0678. The van der Waals surface area contributed by atoms with Gasteiger partial charge in [0.1, 0.15) is 5.02 Å². The zero-order chi connectivity index (χ0) is 14.5. The van der Waals surface area contributed by atoms with Crippen molar-refractivity contribution in [3.05, 3.63) is 21.6 Å². The van der Waals surface area contributed by atoms with E-state index in [1.807, 2.05) is 0 Å². The minimum absolute atomic E-state index is 0.161. The fourth-order valence-electron chi connectivity index (χ4n) is 2.50. The topological polar surface area (TPSA) is 70.2 Å². The lowest BCUT2D eigenvalue weighted by Gasteiger charge is -2.35. The van der Waals surface area contributed by atoms with Gasteiger partial charge in [0.2, 0.25) is 0 Å². The molecule has 1 saturated heterocycles. The van der Waals surface area contributed by atoms with Gasteiger partial charge < -0.3 is 10.1 Å². The van der Waals surface area contributed by atoms with Crippen molar-refractivity contribution in [2.75, 3.05) is 31.5 Å². The van der Waals surface area contributed by atoms with Crippen molar-refractivity contribution in [1.29, 1.82) is 0 Å². The summed E-state index contributed by atoms with van der Waals surface area (Å²) in [6, 6.07) is 0. The maximum Gasteiger partial charge on any atom is 0.285 e. The highest BCUT2D eigenvalue weighted by atomic mass is 35.5. The largest absolute Gasteiger partial charge is 0.382 e. The Hall–Kier alpha value is -1.11. The van der Waals surface area contributed by atoms with E-state index < -0.39 is 0 Å². The smallest absolute Gasteiger partial charge is 0.285 e. The molecular formula is C13H21ClN4O2. The summed E-state index contributed by atoms with van der Waals surface area (Å²) in [5.41, 5.74) is 0.214. The molecule has 20 heavy (non-hydrogen) atoms. The molecule has 0 spiro atoms. The van der Waals surface area contributed by atoms with E-state index in [1.54, 1.807) is 0 Å². The van der Waals surface area contributed by atoms with Crippen LogP contribution in [0.1, 0.15) is 20.3 Å². The van der Waals surface area contributed by atoms with Crippen molar-refractivity contribution in [2.24, 2.45) is 0 Å². The SMILES string of the molecule is CC1CN(CCCNc2cn[nH]c(=O)c2Cl)CC(C)O1. The van der Waals surface area contributed by atoms with Gasteiger partial charge in [-0.15, -0.1) is 0 Å². The number of morpholine rings is 1. The summed E-state index contributed by atoms with van der Waals surface area (Å²) >= 11 is 5.89. The monoisotopic (exact) mass is 300 g/mol. The Balaban J connectivity index is 1.74. The molecule has 0 radical (unpaired) electrons. The molecule has 1 aromatic heterocycles. The first kappa shape index (κ1) is 15.3. The Bertz CT molecular complexity index is 484. The molecule has 0 bridgehead atoms. The van der Waals surface area contributed by atoms with Crippen molar-refractivity contribution in [2.45, 2.75) is 32.5 Å². The van der Waals surface area contributed by atoms with E-state index in [1.165, 1.54) is 6.20 Å². The minimum atomic E-state index is -0.368. The average Bonchev–Trinajstić information content (AvgIpc) is 2.38. The van der Waals surface area contributed by atoms with E-state index in [0.717, 1.165) is 32.6 Å². The predicted octanol–water partition coefficient (Wildman–Crippen LogP) is 1.33. The third-order valence-electron chi connectivity index (χ3n) is 3.26. The summed E-state index contributed by atoms with van der Waals surface area (Å²) in [6.45, 7) is 7.89. The second-order valence-electron chi connectivity index (χ2n) is 5.22. The van der Waals surface area contributed by atoms with Crippen LogP contribution in [0.2, 0.25) is 5.02 Å². The molecule has 6 nitrogen and oxygen atoms in total. The molecule has 1 fully saturated rings. The first-order valence-corrected chi connectivity index (χ1v) is 7.29. The minimum Gasteiger partial charge on any atom is -0.382 e. The van der Waals surface area contributed by atoms with Gasteiger partial charge in [0.15, 0.2) is 0 Å². The lowest BCUT2D eigenvalue weighted by Crippen LogP contribution is -2.45. The highest BCUT2D eigenvalue weighted by Crippen LogP contribution is 2.14. The second kappa shape index (κ2) is 7.06. The molecule has 2 atom stereocenters. The molecule has 0 amide bonds. The van der Waals surface area contributed by atoms with Gasteiger partial charge in [0, 0.05) is 26.2 Å². The zero-order valence-electron chi connectivity index (χ0n) is 11.9. The fourth-order valence-corrected chi connectivity index (χ4v) is 2.66. The number of ether oxygens (including phenoxy) is 1. The Labute approximate surface area is 123 Å². The first-order valence-electron chi connectivity index (χ1n) is 6.91. The number of anilines is 1. The third-order valence-corrected chi connectivity index (χ3v) is 3.63. The van der Waals surface area contributed by atoms with Crippen molar-refractivity contribution < 1.29 is 4.74 Å². The molecule has 2 unspecified atom stereocenters. The summed E-state index contributed by atoms with van der Waals surface area (Å²) in [5.74, 6) is 0. The van der Waals surface area contributed by atoms with E-state index >= 15 is 0 Å². The summed E-state index contributed by atoms with van der Waals surface area (Å²) in [6.07, 6.45) is 3.08. The van der Waals surface area contributed by atoms with Crippen LogP contribution < -0.4 is 10.9 Å². The van der Waals surface area contributed by atoms with E-state index in [9.17, 15) is 4.79 Å². The Morgan fingerprint density at radius 3 is 2.90 bits per heavy atom. The lowest BCUT2D eigenvalue weighted by atomic mass is 10.2. The van der Waals surface area contributed by atoms with E-state index in [2.05, 4.69) is 34.3 Å². The molecule has 2 heterocycles. The van der Waals surface area contributed by atoms with Crippen LogP contribution in [0.4, 0.5) is 5.69 Å². The van der Waals surface area contributed by atoms with Crippen molar-refractivity contribution in [3.8, 4) is 0 Å². The molecule has 0 aliphatic carbocycles. The summed E-state index contributed by atoms with van der Waals surface area (Å²) in [4.78, 5) is 13.7. The van der Waals surface area contributed by atoms with Gasteiger partial charge in [-0.2, -0.15) is 5.10 Å². The number of hydrogen-bond acceptors (Lipinski definition) is 5. The van der Waals surface area contributed by atoms with Crippen LogP contribution in [-0.4, -0.2) is 53.5 Å². The molecular weight excluding hydrogens is 280 g/mol. The Kier molecular flexibility index (Phi) is 5.39. The zero-order valence-corrected chi connectivity index (χ0v) is 12.6. The van der Waals surface area contributed by atoms with Gasteiger partial charge >= 0.3 is 0 Å². The number of halogens is 1. The van der Waals surface area contributed by atoms with Crippen LogP contribution in [0.5, 0.6) is 0 Å². The number of hydrogen-bond donors (Lipinski definition) is 2. The normalized spacial score (nSPS) is 23.8. The van der Waals surface area contributed by atoms with Crippen molar-refractivity contribution in [1.82, 2.24) is 15.1 Å². The van der Waals surface area contributed by atoms with E-state index in [0.29, 0.717) is 5.69 Å². The third kappa shape index (κ3) is 4.19. The number of H-pyrrole nitrogens is 1. The number of nitrogens with zero attached hydrogens (tertiary/aromatic N) is 2. The van der Waals surface area contributed by atoms with Crippen LogP contribution in [0.3, 0.4) is 0 Å². The van der Waals surface area contributed by atoms with Crippen molar-refractivity contribution >= 4 is 17.3 Å². The standard InChI is InChI=1S/C13H21ClN4O2/c1-9-7-18(8-10(2)20-9)5-3-4-15-11-6-16-17-13(19)12(11)14/h6,9-10H,3-5,7-8H2,1-2H3,(H2,15,17,19). The first-order chi connectivity index (χ1) is 9.56. The summed E-state index contributed by atoms with van der Waals surface area (Å²) < 4.78 is 5.70. The Morgan fingerprint density at radius 1 is 1.50 bits per heavy atom. The van der Waals surface area contributed by atoms with Crippen LogP contribution in [-0.2, 0) is 4.74 Å².